The summed E-state index contributed by atoms with van der Waals surface area (Å²) in [5.41, 5.74) is 1.46. The summed E-state index contributed by atoms with van der Waals surface area (Å²) in [6.07, 6.45) is 0.313. The second-order valence-corrected chi connectivity index (χ2v) is 4.84. The third kappa shape index (κ3) is 5.25. The second kappa shape index (κ2) is 8.48. The molecule has 0 fully saturated rings. The molecule has 2 aromatic carbocycles. The van der Waals surface area contributed by atoms with Crippen molar-refractivity contribution in [2.24, 2.45) is 0 Å². The van der Waals surface area contributed by atoms with Crippen molar-refractivity contribution in [2.45, 2.75) is 6.42 Å². The fraction of sp³-hybridized carbons (Fsp3) is 0.176. The van der Waals surface area contributed by atoms with Crippen LogP contribution in [0, 0.1) is 23.0 Å². The van der Waals surface area contributed by atoms with E-state index in [-0.39, 0.29) is 18.9 Å². The van der Waals surface area contributed by atoms with Gasteiger partial charge in [0.05, 0.1) is 19.0 Å². The molecule has 0 aliphatic rings. The van der Waals surface area contributed by atoms with Gasteiger partial charge in [0, 0.05) is 11.8 Å². The van der Waals surface area contributed by atoms with E-state index < -0.39 is 17.7 Å². The van der Waals surface area contributed by atoms with Gasteiger partial charge < -0.3 is 15.4 Å². The second-order valence-electron chi connectivity index (χ2n) is 4.84. The standard InChI is InChI=1S/C17H15F2N3O2/c18-15-6-5-14(11-16(15)19)24-10-9-21-17(23)22-13-3-1-12(2-4-13)7-8-20/h1-6,11H,7,9-10H2,(H2,21,22,23). The van der Waals surface area contributed by atoms with Crippen LogP contribution in [0.1, 0.15) is 5.56 Å². The highest BCUT2D eigenvalue weighted by molar-refractivity contribution is 5.89. The fourth-order valence-corrected chi connectivity index (χ4v) is 1.87. The summed E-state index contributed by atoms with van der Waals surface area (Å²) >= 11 is 0. The molecule has 0 bridgehead atoms. The first-order valence-corrected chi connectivity index (χ1v) is 7.17. The van der Waals surface area contributed by atoms with Crippen molar-refractivity contribution in [2.75, 3.05) is 18.5 Å². The van der Waals surface area contributed by atoms with Crippen molar-refractivity contribution >= 4 is 11.7 Å². The Hall–Kier alpha value is -3.14. The number of nitrogens with zero attached hydrogens (tertiary/aromatic N) is 1. The maximum atomic E-state index is 13.0. The molecule has 7 heteroatoms. The van der Waals surface area contributed by atoms with Gasteiger partial charge in [-0.1, -0.05) is 12.1 Å². The molecule has 0 atom stereocenters. The number of nitrogens with one attached hydrogen (secondary N) is 2. The number of anilines is 1. The third-order valence-electron chi connectivity index (χ3n) is 3.04. The van der Waals surface area contributed by atoms with Crippen molar-refractivity contribution in [3.8, 4) is 11.8 Å². The summed E-state index contributed by atoms with van der Waals surface area (Å²) in [5.74, 6) is -1.75. The van der Waals surface area contributed by atoms with E-state index in [0.717, 1.165) is 17.7 Å². The van der Waals surface area contributed by atoms with Crippen LogP contribution < -0.4 is 15.4 Å². The van der Waals surface area contributed by atoms with Gasteiger partial charge in [-0.3, -0.25) is 0 Å². The van der Waals surface area contributed by atoms with Crippen molar-refractivity contribution in [3.63, 3.8) is 0 Å². The van der Waals surface area contributed by atoms with Gasteiger partial charge in [-0.15, -0.1) is 0 Å². The number of urea groups is 1. The van der Waals surface area contributed by atoms with Crippen LogP contribution in [0.5, 0.6) is 5.75 Å². The summed E-state index contributed by atoms with van der Waals surface area (Å²) in [4.78, 5) is 11.7. The quantitative estimate of drug-likeness (QED) is 0.798. The maximum Gasteiger partial charge on any atom is 0.319 e. The number of nitriles is 1. The van der Waals surface area contributed by atoms with Gasteiger partial charge in [0.1, 0.15) is 12.4 Å². The summed E-state index contributed by atoms with van der Waals surface area (Å²) < 4.78 is 30.9. The van der Waals surface area contributed by atoms with Crippen LogP contribution in [-0.4, -0.2) is 19.2 Å². The molecule has 0 saturated carbocycles. The number of halogens is 2. The number of amides is 2. The molecule has 0 saturated heterocycles. The highest BCUT2D eigenvalue weighted by Crippen LogP contribution is 2.15. The number of benzene rings is 2. The lowest BCUT2D eigenvalue weighted by atomic mass is 10.1. The molecule has 5 nitrogen and oxygen atoms in total. The molecule has 2 rings (SSSR count). The molecule has 0 radical (unpaired) electrons. The molecule has 2 amide bonds. The molecule has 0 aliphatic carbocycles. The van der Waals surface area contributed by atoms with Crippen LogP contribution in [0.15, 0.2) is 42.5 Å². The zero-order valence-corrected chi connectivity index (χ0v) is 12.7. The lowest BCUT2D eigenvalue weighted by molar-refractivity contribution is 0.247. The average molecular weight is 331 g/mol. The van der Waals surface area contributed by atoms with Gasteiger partial charge in [-0.05, 0) is 29.8 Å². The largest absolute Gasteiger partial charge is 0.492 e. The van der Waals surface area contributed by atoms with Gasteiger partial charge >= 0.3 is 6.03 Å². The van der Waals surface area contributed by atoms with E-state index >= 15 is 0 Å². The normalized spacial score (nSPS) is 9.88. The van der Waals surface area contributed by atoms with E-state index in [2.05, 4.69) is 10.6 Å². The monoisotopic (exact) mass is 331 g/mol. The Labute approximate surface area is 137 Å². The Morgan fingerprint density at radius 1 is 1.12 bits per heavy atom. The molecule has 2 aromatic rings. The van der Waals surface area contributed by atoms with Crippen LogP contribution in [0.25, 0.3) is 0 Å². The fourth-order valence-electron chi connectivity index (χ4n) is 1.87. The Kier molecular flexibility index (Phi) is 6.08. The van der Waals surface area contributed by atoms with Crippen LogP contribution in [-0.2, 0) is 6.42 Å². The maximum absolute atomic E-state index is 13.0. The van der Waals surface area contributed by atoms with E-state index in [9.17, 15) is 13.6 Å². The first-order valence-electron chi connectivity index (χ1n) is 7.17. The smallest absolute Gasteiger partial charge is 0.319 e. The zero-order valence-electron chi connectivity index (χ0n) is 12.7. The molecule has 0 spiro atoms. The highest BCUT2D eigenvalue weighted by atomic mass is 19.2. The van der Waals surface area contributed by atoms with Crippen LogP contribution >= 0.6 is 0 Å². The van der Waals surface area contributed by atoms with Gasteiger partial charge in [-0.2, -0.15) is 5.26 Å². The van der Waals surface area contributed by atoms with Crippen molar-refractivity contribution in [1.82, 2.24) is 5.32 Å². The number of hydrogen-bond donors (Lipinski definition) is 2. The van der Waals surface area contributed by atoms with E-state index in [4.69, 9.17) is 10.00 Å². The predicted molar refractivity (Wildman–Crippen MR) is 84.6 cm³/mol. The Balaban J connectivity index is 1.71. The number of ether oxygens (including phenoxy) is 1. The molecule has 124 valence electrons. The number of rotatable bonds is 6. The zero-order chi connectivity index (χ0) is 17.4. The summed E-state index contributed by atoms with van der Waals surface area (Å²) in [6.45, 7) is 0.303. The molecule has 0 aliphatic heterocycles. The first-order chi connectivity index (χ1) is 11.6. The number of carbonyl (C=O) groups excluding carboxylic acids is 1. The molecule has 0 aromatic heterocycles. The van der Waals surface area contributed by atoms with Crippen LogP contribution in [0.4, 0.5) is 19.3 Å². The van der Waals surface area contributed by atoms with E-state index in [1.807, 2.05) is 6.07 Å². The van der Waals surface area contributed by atoms with Crippen molar-refractivity contribution < 1.29 is 18.3 Å². The molecular formula is C17H15F2N3O2. The third-order valence-corrected chi connectivity index (χ3v) is 3.04. The Bertz CT molecular complexity index is 742. The van der Waals surface area contributed by atoms with Gasteiger partial charge in [0.25, 0.3) is 0 Å². The van der Waals surface area contributed by atoms with E-state index in [0.29, 0.717) is 12.1 Å². The molecule has 0 unspecified atom stereocenters. The molecular weight excluding hydrogens is 316 g/mol. The minimum absolute atomic E-state index is 0.111. The van der Waals surface area contributed by atoms with Crippen molar-refractivity contribution in [3.05, 3.63) is 59.7 Å². The average Bonchev–Trinajstić information content (AvgIpc) is 2.57. The molecule has 2 N–H and O–H groups in total. The SMILES string of the molecule is N#CCc1ccc(NC(=O)NCCOc2ccc(F)c(F)c2)cc1. The van der Waals surface area contributed by atoms with Gasteiger partial charge in [0.15, 0.2) is 11.6 Å². The first kappa shape index (κ1) is 17.2. The lowest BCUT2D eigenvalue weighted by Crippen LogP contribution is -2.32. The lowest BCUT2D eigenvalue weighted by Gasteiger charge is -2.09. The predicted octanol–water partition coefficient (Wildman–Crippen LogP) is 3.23. The van der Waals surface area contributed by atoms with Crippen molar-refractivity contribution in [1.29, 1.82) is 5.26 Å². The summed E-state index contributed by atoms with van der Waals surface area (Å²) in [6, 6.07) is 11.8. The van der Waals surface area contributed by atoms with Gasteiger partial charge in [-0.25, -0.2) is 13.6 Å². The Morgan fingerprint density at radius 3 is 2.54 bits per heavy atom. The Morgan fingerprint density at radius 2 is 1.88 bits per heavy atom. The van der Waals surface area contributed by atoms with Gasteiger partial charge in [0.2, 0.25) is 0 Å². The summed E-state index contributed by atoms with van der Waals surface area (Å²) in [5, 5.41) is 13.8. The van der Waals surface area contributed by atoms with E-state index in [1.165, 1.54) is 6.07 Å². The van der Waals surface area contributed by atoms with E-state index in [1.54, 1.807) is 24.3 Å². The number of hydrogen-bond acceptors (Lipinski definition) is 3. The highest BCUT2D eigenvalue weighted by Gasteiger charge is 2.04. The molecule has 24 heavy (non-hydrogen) atoms. The minimum Gasteiger partial charge on any atom is -0.492 e. The van der Waals surface area contributed by atoms with Crippen LogP contribution in [0.2, 0.25) is 0 Å². The van der Waals surface area contributed by atoms with Crippen LogP contribution in [0.3, 0.4) is 0 Å². The topological polar surface area (TPSA) is 74.2 Å². The number of carbonyl (C=O) groups is 1. The minimum atomic E-state index is -0.988. The summed E-state index contributed by atoms with van der Waals surface area (Å²) in [7, 11) is 0. The molecule has 0 heterocycles.